The number of nitrogens with one attached hydrogen (secondary N) is 1. The van der Waals surface area contributed by atoms with Gasteiger partial charge in [0.15, 0.2) is 0 Å². The summed E-state index contributed by atoms with van der Waals surface area (Å²) < 4.78 is 39.3. The van der Waals surface area contributed by atoms with Gasteiger partial charge in [-0.2, -0.15) is 0 Å². The monoisotopic (exact) mass is 491 g/mol. The third-order valence-corrected chi connectivity index (χ3v) is 6.67. The maximum atomic E-state index is 13.3. The van der Waals surface area contributed by atoms with Crippen LogP contribution in [0.5, 0.6) is 0 Å². The highest BCUT2D eigenvalue weighted by molar-refractivity contribution is 7.92. The molecule has 0 saturated heterocycles. The molecule has 1 unspecified atom stereocenters. The number of carbonyl (C=O) groups excluding carboxylic acids is 2. The van der Waals surface area contributed by atoms with E-state index in [9.17, 15) is 22.4 Å². The molecular formula is C25H34FN3O4S. The quantitative estimate of drug-likeness (QED) is 0.491. The van der Waals surface area contributed by atoms with E-state index < -0.39 is 16.1 Å². The fourth-order valence-corrected chi connectivity index (χ4v) is 4.68. The van der Waals surface area contributed by atoms with Gasteiger partial charge in [0.1, 0.15) is 11.9 Å². The number of carbonyl (C=O) groups is 2. The van der Waals surface area contributed by atoms with Crippen molar-refractivity contribution in [3.8, 4) is 0 Å². The molecule has 2 aromatic carbocycles. The van der Waals surface area contributed by atoms with Gasteiger partial charge in [-0.1, -0.05) is 36.8 Å². The molecule has 0 aliphatic heterocycles. The van der Waals surface area contributed by atoms with E-state index in [1.165, 1.54) is 21.3 Å². The van der Waals surface area contributed by atoms with Crippen molar-refractivity contribution in [2.24, 2.45) is 0 Å². The van der Waals surface area contributed by atoms with Gasteiger partial charge in [0.25, 0.3) is 0 Å². The highest BCUT2D eigenvalue weighted by atomic mass is 32.2. The van der Waals surface area contributed by atoms with Crippen molar-refractivity contribution in [3.63, 3.8) is 0 Å². The summed E-state index contributed by atoms with van der Waals surface area (Å²) in [5.41, 5.74) is 2.26. The Balaban J connectivity index is 2.18. The summed E-state index contributed by atoms with van der Waals surface area (Å²) in [6.07, 6.45) is 1.90. The number of likely N-dealkylation sites (N-methyl/N-ethyl adjacent to an activating group) is 1. The van der Waals surface area contributed by atoms with Crippen molar-refractivity contribution in [1.82, 2.24) is 10.2 Å². The Bertz CT molecular complexity index is 1060. The number of benzene rings is 2. The molecule has 2 rings (SSSR count). The Hall–Kier alpha value is -2.94. The van der Waals surface area contributed by atoms with E-state index in [0.29, 0.717) is 24.2 Å². The van der Waals surface area contributed by atoms with Crippen molar-refractivity contribution in [2.75, 3.05) is 23.7 Å². The average Bonchev–Trinajstić information content (AvgIpc) is 2.78. The molecule has 1 N–H and O–H groups in total. The maximum absolute atomic E-state index is 13.3. The van der Waals surface area contributed by atoms with Crippen LogP contribution in [0.1, 0.15) is 44.2 Å². The van der Waals surface area contributed by atoms with Crippen molar-refractivity contribution in [1.29, 1.82) is 0 Å². The fraction of sp³-hybridized carbons (Fsp3) is 0.440. The third-order valence-electron chi connectivity index (χ3n) is 5.48. The van der Waals surface area contributed by atoms with E-state index >= 15 is 0 Å². The minimum Gasteiger partial charge on any atom is -0.355 e. The van der Waals surface area contributed by atoms with Gasteiger partial charge in [-0.15, -0.1) is 0 Å². The second-order valence-electron chi connectivity index (χ2n) is 8.24. The second-order valence-corrected chi connectivity index (χ2v) is 10.1. The molecule has 2 amide bonds. The zero-order chi connectivity index (χ0) is 25.3. The number of anilines is 1. The zero-order valence-electron chi connectivity index (χ0n) is 20.3. The third kappa shape index (κ3) is 7.83. The Kier molecular flexibility index (Phi) is 10.0. The summed E-state index contributed by atoms with van der Waals surface area (Å²) >= 11 is 0. The summed E-state index contributed by atoms with van der Waals surface area (Å²) in [6, 6.07) is 12.3. The first-order valence-electron chi connectivity index (χ1n) is 11.4. The van der Waals surface area contributed by atoms with Crippen LogP contribution in [0.3, 0.4) is 0 Å². The Morgan fingerprint density at radius 3 is 2.18 bits per heavy atom. The van der Waals surface area contributed by atoms with E-state index in [1.807, 2.05) is 32.9 Å². The molecule has 0 bridgehead atoms. The van der Waals surface area contributed by atoms with Crippen LogP contribution in [0.25, 0.3) is 0 Å². The molecule has 1 atom stereocenters. The van der Waals surface area contributed by atoms with E-state index in [0.717, 1.165) is 11.8 Å². The first-order chi connectivity index (χ1) is 16.1. The van der Waals surface area contributed by atoms with Crippen LogP contribution in [-0.4, -0.2) is 50.5 Å². The molecule has 34 heavy (non-hydrogen) atoms. The lowest BCUT2D eigenvalue weighted by atomic mass is 10.1. The topological polar surface area (TPSA) is 86.8 Å². The van der Waals surface area contributed by atoms with Gasteiger partial charge in [-0.3, -0.25) is 13.9 Å². The summed E-state index contributed by atoms with van der Waals surface area (Å²) in [5, 5.41) is 2.77. The number of rotatable bonds is 12. The number of hydrogen-bond acceptors (Lipinski definition) is 4. The molecule has 0 aliphatic carbocycles. The van der Waals surface area contributed by atoms with Gasteiger partial charge in [0.05, 0.1) is 11.9 Å². The molecule has 0 aromatic heterocycles. The highest BCUT2D eigenvalue weighted by Gasteiger charge is 2.28. The molecule has 0 aliphatic rings. The normalized spacial score (nSPS) is 12.1. The molecule has 186 valence electrons. The van der Waals surface area contributed by atoms with Gasteiger partial charge in [-0.05, 0) is 56.5 Å². The lowest BCUT2D eigenvalue weighted by molar-refractivity contribution is -0.141. The Labute approximate surface area is 202 Å². The molecule has 9 heteroatoms. The number of sulfonamides is 1. The minimum absolute atomic E-state index is 0.0645. The first-order valence-corrected chi connectivity index (χ1v) is 13.3. The predicted octanol–water partition coefficient (Wildman–Crippen LogP) is 3.62. The van der Waals surface area contributed by atoms with Crippen LogP contribution in [0.4, 0.5) is 10.1 Å². The summed E-state index contributed by atoms with van der Waals surface area (Å²) in [5.74, 6) is -0.896. The van der Waals surface area contributed by atoms with Crippen LogP contribution < -0.4 is 9.62 Å². The van der Waals surface area contributed by atoms with Gasteiger partial charge < -0.3 is 10.2 Å². The largest absolute Gasteiger partial charge is 0.355 e. The first kappa shape index (κ1) is 27.3. The number of halogens is 1. The fourth-order valence-electron chi connectivity index (χ4n) is 3.71. The summed E-state index contributed by atoms with van der Waals surface area (Å²) in [4.78, 5) is 27.4. The molecule has 0 heterocycles. The lowest BCUT2D eigenvalue weighted by Crippen LogP contribution is -2.49. The SMILES string of the molecule is CCNC(=O)C(CC)N(Cc1ccc(F)cc1)C(=O)CCCN(c1ccc(C)cc1)S(C)(=O)=O. The zero-order valence-corrected chi connectivity index (χ0v) is 21.1. The van der Waals surface area contributed by atoms with E-state index in [1.54, 1.807) is 24.3 Å². The van der Waals surface area contributed by atoms with E-state index in [2.05, 4.69) is 5.32 Å². The Morgan fingerprint density at radius 1 is 1.03 bits per heavy atom. The van der Waals surface area contributed by atoms with Crippen molar-refractivity contribution >= 4 is 27.5 Å². The van der Waals surface area contributed by atoms with Crippen LogP contribution in [0.15, 0.2) is 48.5 Å². The molecule has 7 nitrogen and oxygen atoms in total. The summed E-state index contributed by atoms with van der Waals surface area (Å²) in [7, 11) is -3.53. The summed E-state index contributed by atoms with van der Waals surface area (Å²) in [6.45, 7) is 6.28. The van der Waals surface area contributed by atoms with Gasteiger partial charge >= 0.3 is 0 Å². The van der Waals surface area contributed by atoms with Crippen LogP contribution in [0.2, 0.25) is 0 Å². The van der Waals surface area contributed by atoms with E-state index in [-0.39, 0.29) is 43.6 Å². The molecule has 0 radical (unpaired) electrons. The van der Waals surface area contributed by atoms with Gasteiger partial charge in [0, 0.05) is 26.1 Å². The number of amides is 2. The van der Waals surface area contributed by atoms with Gasteiger partial charge in [0.2, 0.25) is 21.8 Å². The lowest BCUT2D eigenvalue weighted by Gasteiger charge is -2.31. The maximum Gasteiger partial charge on any atom is 0.242 e. The molecule has 0 fully saturated rings. The predicted molar refractivity (Wildman–Crippen MR) is 132 cm³/mol. The van der Waals surface area contributed by atoms with Crippen LogP contribution in [0, 0.1) is 12.7 Å². The van der Waals surface area contributed by atoms with Crippen LogP contribution in [-0.2, 0) is 26.2 Å². The highest BCUT2D eigenvalue weighted by Crippen LogP contribution is 2.20. The smallest absolute Gasteiger partial charge is 0.242 e. The number of aryl methyl sites for hydroxylation is 1. The average molecular weight is 492 g/mol. The molecule has 2 aromatic rings. The standard InChI is InChI=1S/C25H34FN3O4S/c1-5-23(25(31)27-6-2)28(18-20-11-13-21(26)14-12-20)24(30)8-7-17-29(34(4,32)33)22-15-9-19(3)10-16-22/h9-16,23H,5-8,17-18H2,1-4H3,(H,27,31). The van der Waals surface area contributed by atoms with Crippen LogP contribution >= 0.6 is 0 Å². The Morgan fingerprint density at radius 2 is 1.65 bits per heavy atom. The van der Waals surface area contributed by atoms with Gasteiger partial charge in [-0.25, -0.2) is 12.8 Å². The molecular weight excluding hydrogens is 457 g/mol. The molecule has 0 saturated carbocycles. The molecule has 0 spiro atoms. The van der Waals surface area contributed by atoms with Crippen molar-refractivity contribution in [2.45, 2.75) is 52.6 Å². The van der Waals surface area contributed by atoms with Crippen molar-refractivity contribution < 1.29 is 22.4 Å². The van der Waals surface area contributed by atoms with E-state index in [4.69, 9.17) is 0 Å². The number of nitrogens with zero attached hydrogens (tertiary/aromatic N) is 2. The van der Waals surface area contributed by atoms with Crippen molar-refractivity contribution in [3.05, 3.63) is 65.5 Å². The number of hydrogen-bond donors (Lipinski definition) is 1. The minimum atomic E-state index is -3.53. The second kappa shape index (κ2) is 12.5.